The third-order valence-electron chi connectivity index (χ3n) is 8.04. The molecule has 3 amide bonds. The first-order valence-corrected chi connectivity index (χ1v) is 13.7. The van der Waals surface area contributed by atoms with E-state index in [4.69, 9.17) is 0 Å². The highest BCUT2D eigenvalue weighted by atomic mass is 16.2. The Balaban J connectivity index is 1.33. The number of fused-ring (bicyclic) bond motifs is 3. The Kier molecular flexibility index (Phi) is 7.23. The minimum atomic E-state index is -0.664. The molecular formula is C32H37N5O3. The topological polar surface area (TPSA) is 103 Å². The molecule has 1 aromatic heterocycles. The molecule has 3 aromatic rings. The van der Waals surface area contributed by atoms with Gasteiger partial charge in [-0.2, -0.15) is 0 Å². The quantitative estimate of drug-likeness (QED) is 0.414. The predicted molar refractivity (Wildman–Crippen MR) is 156 cm³/mol. The number of hydrogen-bond acceptors (Lipinski definition) is 5. The molecule has 208 valence electrons. The normalized spacial score (nSPS) is 18.2. The number of nitrogens with zero attached hydrogens (tertiary/aromatic N) is 2. The Labute approximate surface area is 235 Å². The van der Waals surface area contributed by atoms with Crippen molar-refractivity contribution >= 4 is 29.2 Å². The van der Waals surface area contributed by atoms with Crippen LogP contribution in [0, 0.1) is 5.41 Å². The first-order valence-electron chi connectivity index (χ1n) is 13.7. The first-order chi connectivity index (χ1) is 19.0. The summed E-state index contributed by atoms with van der Waals surface area (Å²) >= 11 is 0. The number of rotatable bonds is 7. The highest BCUT2D eigenvalue weighted by Crippen LogP contribution is 2.46. The van der Waals surface area contributed by atoms with E-state index in [1.807, 2.05) is 82.4 Å². The summed E-state index contributed by atoms with van der Waals surface area (Å²) in [6, 6.07) is 17.7. The van der Waals surface area contributed by atoms with Crippen LogP contribution in [0.15, 0.2) is 60.8 Å². The molecule has 0 saturated carbocycles. The van der Waals surface area contributed by atoms with Gasteiger partial charge in [0.2, 0.25) is 17.7 Å². The highest BCUT2D eigenvalue weighted by molar-refractivity contribution is 6.06. The van der Waals surface area contributed by atoms with Crippen molar-refractivity contribution in [1.29, 1.82) is 0 Å². The maximum atomic E-state index is 13.4. The van der Waals surface area contributed by atoms with Crippen LogP contribution >= 0.6 is 0 Å². The predicted octanol–water partition coefficient (Wildman–Crippen LogP) is 4.36. The lowest BCUT2D eigenvalue weighted by Crippen LogP contribution is -2.43. The number of benzene rings is 2. The molecule has 8 heteroatoms. The monoisotopic (exact) mass is 539 g/mol. The van der Waals surface area contributed by atoms with Crippen LogP contribution in [-0.2, 0) is 39.2 Å². The summed E-state index contributed by atoms with van der Waals surface area (Å²) in [6.45, 7) is 7.94. The van der Waals surface area contributed by atoms with Gasteiger partial charge in [0, 0.05) is 35.4 Å². The lowest BCUT2D eigenvalue weighted by molar-refractivity contribution is -0.142. The van der Waals surface area contributed by atoms with Gasteiger partial charge in [0.05, 0.1) is 5.41 Å². The molecule has 5 rings (SSSR count). The fraction of sp³-hybridized carbons (Fsp3) is 0.375. The number of nitrogens with one attached hydrogen (secondary N) is 3. The third-order valence-corrected chi connectivity index (χ3v) is 8.04. The van der Waals surface area contributed by atoms with E-state index in [0.29, 0.717) is 30.9 Å². The molecule has 2 aromatic carbocycles. The minimum Gasteiger partial charge on any atom is -0.329 e. The Hall–Kier alpha value is -4.04. The van der Waals surface area contributed by atoms with E-state index in [9.17, 15) is 14.4 Å². The number of hydrogen-bond donors (Lipinski definition) is 3. The molecule has 8 nitrogen and oxygen atoms in total. The van der Waals surface area contributed by atoms with Crippen molar-refractivity contribution in [3.8, 4) is 0 Å². The van der Waals surface area contributed by atoms with Gasteiger partial charge < -0.3 is 20.9 Å². The standard InChI is InChI=1S/C32H37N5O3/c1-20(33-5)25-10-7-6-9-22(25)18-37(30(40)31(2,3)4)19-27(38)35-24-13-12-21-16-32(17-23(21)15-24)26-11-8-14-34-28(26)36-29(32)39/h6-15,20,33H,16-19H2,1-5H3,(H,35,38)(H,34,36,39). The summed E-state index contributed by atoms with van der Waals surface area (Å²) in [6.07, 6.45) is 2.83. The molecule has 1 aliphatic carbocycles. The molecule has 2 unspecified atom stereocenters. The third kappa shape index (κ3) is 5.11. The summed E-state index contributed by atoms with van der Waals surface area (Å²) in [5.41, 5.74) is 4.48. The summed E-state index contributed by atoms with van der Waals surface area (Å²) in [5.74, 6) is 0.234. The van der Waals surface area contributed by atoms with Crippen LogP contribution in [0.1, 0.15) is 61.6 Å². The maximum absolute atomic E-state index is 13.4. The van der Waals surface area contributed by atoms with E-state index in [1.165, 1.54) is 0 Å². The van der Waals surface area contributed by atoms with E-state index < -0.39 is 10.8 Å². The minimum absolute atomic E-state index is 0.0350. The van der Waals surface area contributed by atoms with E-state index in [0.717, 1.165) is 27.8 Å². The SMILES string of the molecule is CNC(C)c1ccccc1CN(CC(=O)Nc1ccc2c(c1)CC1(C2)C(=O)Nc2ncccc21)C(=O)C(C)(C)C. The molecule has 0 radical (unpaired) electrons. The molecule has 0 fully saturated rings. The summed E-state index contributed by atoms with van der Waals surface area (Å²) < 4.78 is 0. The van der Waals surface area contributed by atoms with Crippen LogP contribution in [0.5, 0.6) is 0 Å². The summed E-state index contributed by atoms with van der Waals surface area (Å²) in [5, 5.41) is 9.19. The van der Waals surface area contributed by atoms with Crippen LogP contribution in [-0.4, -0.2) is 41.2 Å². The van der Waals surface area contributed by atoms with Gasteiger partial charge in [0.15, 0.2) is 0 Å². The average Bonchev–Trinajstić information content (AvgIpc) is 3.44. The number of carbonyl (C=O) groups is 3. The number of anilines is 2. The van der Waals surface area contributed by atoms with Crippen molar-refractivity contribution in [2.24, 2.45) is 5.41 Å². The molecule has 1 aliphatic heterocycles. The van der Waals surface area contributed by atoms with Gasteiger partial charge in [-0.25, -0.2) is 4.98 Å². The summed E-state index contributed by atoms with van der Waals surface area (Å²) in [7, 11) is 1.90. The van der Waals surface area contributed by atoms with Crippen LogP contribution < -0.4 is 16.0 Å². The molecule has 40 heavy (non-hydrogen) atoms. The van der Waals surface area contributed by atoms with Crippen LogP contribution in [0.25, 0.3) is 0 Å². The number of pyridine rings is 1. The van der Waals surface area contributed by atoms with Crippen LogP contribution in [0.3, 0.4) is 0 Å². The first kappa shape index (κ1) is 27.5. The van der Waals surface area contributed by atoms with Gasteiger partial charge in [0.1, 0.15) is 12.4 Å². The smallest absolute Gasteiger partial charge is 0.244 e. The second kappa shape index (κ2) is 10.5. The van der Waals surface area contributed by atoms with Crippen LogP contribution in [0.2, 0.25) is 0 Å². The molecule has 2 heterocycles. The lowest BCUT2D eigenvalue weighted by Gasteiger charge is -2.30. The van der Waals surface area contributed by atoms with E-state index in [-0.39, 0.29) is 30.3 Å². The molecule has 1 spiro atoms. The Bertz CT molecular complexity index is 1480. The molecule has 2 aliphatic rings. The zero-order valence-corrected chi connectivity index (χ0v) is 23.8. The van der Waals surface area contributed by atoms with Crippen molar-refractivity contribution in [1.82, 2.24) is 15.2 Å². The van der Waals surface area contributed by atoms with E-state index in [1.54, 1.807) is 11.1 Å². The second-order valence-corrected chi connectivity index (χ2v) is 11.9. The molecule has 0 saturated heterocycles. The van der Waals surface area contributed by atoms with Gasteiger partial charge in [-0.1, -0.05) is 57.2 Å². The fourth-order valence-electron chi connectivity index (χ4n) is 5.85. The number of amides is 3. The van der Waals surface area contributed by atoms with Crippen molar-refractivity contribution in [2.45, 2.75) is 58.5 Å². The zero-order valence-electron chi connectivity index (χ0n) is 23.8. The Morgan fingerprint density at radius 2 is 1.82 bits per heavy atom. The van der Waals surface area contributed by atoms with Crippen molar-refractivity contribution in [3.63, 3.8) is 0 Å². The largest absolute Gasteiger partial charge is 0.329 e. The van der Waals surface area contributed by atoms with Crippen LogP contribution in [0.4, 0.5) is 11.5 Å². The van der Waals surface area contributed by atoms with E-state index >= 15 is 0 Å². The average molecular weight is 540 g/mol. The molecular weight excluding hydrogens is 502 g/mol. The zero-order chi connectivity index (χ0) is 28.7. The fourth-order valence-corrected chi connectivity index (χ4v) is 5.85. The molecule has 2 atom stereocenters. The Morgan fingerprint density at radius 1 is 1.07 bits per heavy atom. The maximum Gasteiger partial charge on any atom is 0.244 e. The van der Waals surface area contributed by atoms with Gasteiger partial charge >= 0.3 is 0 Å². The second-order valence-electron chi connectivity index (χ2n) is 11.9. The Morgan fingerprint density at radius 3 is 2.58 bits per heavy atom. The number of aromatic nitrogens is 1. The van der Waals surface area contributed by atoms with Gasteiger partial charge in [-0.3, -0.25) is 14.4 Å². The number of carbonyl (C=O) groups excluding carboxylic acids is 3. The van der Waals surface area contributed by atoms with Gasteiger partial charge in [-0.05, 0) is 67.3 Å². The van der Waals surface area contributed by atoms with Crippen molar-refractivity contribution < 1.29 is 14.4 Å². The van der Waals surface area contributed by atoms with Gasteiger partial charge in [-0.15, -0.1) is 0 Å². The lowest BCUT2D eigenvalue weighted by atomic mass is 9.79. The van der Waals surface area contributed by atoms with E-state index in [2.05, 4.69) is 27.9 Å². The molecule has 3 N–H and O–H groups in total. The van der Waals surface area contributed by atoms with Gasteiger partial charge in [0.25, 0.3) is 0 Å². The highest BCUT2D eigenvalue weighted by Gasteiger charge is 2.51. The summed E-state index contributed by atoms with van der Waals surface area (Å²) in [4.78, 5) is 45.7. The molecule has 0 bridgehead atoms. The van der Waals surface area contributed by atoms with Crippen molar-refractivity contribution in [2.75, 3.05) is 24.2 Å². The van der Waals surface area contributed by atoms with Crippen molar-refractivity contribution in [3.05, 3.63) is 88.6 Å².